The van der Waals surface area contributed by atoms with Crippen molar-refractivity contribution in [2.75, 3.05) is 6.54 Å². The molecule has 0 aromatic heterocycles. The first-order valence-corrected chi connectivity index (χ1v) is 7.86. The van der Waals surface area contributed by atoms with Gasteiger partial charge in [-0.15, -0.1) is 0 Å². The fourth-order valence-electron chi connectivity index (χ4n) is 4.94. The molecule has 0 spiro atoms. The fourth-order valence-corrected chi connectivity index (χ4v) is 4.94. The molecule has 1 amide bonds. The van der Waals surface area contributed by atoms with Gasteiger partial charge >= 0.3 is 0 Å². The van der Waals surface area contributed by atoms with Crippen molar-refractivity contribution < 1.29 is 9.53 Å². The summed E-state index contributed by atoms with van der Waals surface area (Å²) < 4.78 is 6.10. The number of nitrogens with zero attached hydrogens (tertiary/aromatic N) is 1. The van der Waals surface area contributed by atoms with Crippen LogP contribution < -0.4 is 5.32 Å². The lowest BCUT2D eigenvalue weighted by Gasteiger charge is -2.44. The highest BCUT2D eigenvalue weighted by molar-refractivity contribution is 5.87. The molecule has 4 nitrogen and oxygen atoms in total. The molecular formula is C15H22N2O2. The number of hydrogen-bond donors (Lipinski definition) is 1. The predicted molar refractivity (Wildman–Crippen MR) is 69.5 cm³/mol. The van der Waals surface area contributed by atoms with Crippen molar-refractivity contribution >= 4 is 5.91 Å². The Hall–Kier alpha value is -0.610. The zero-order valence-corrected chi connectivity index (χ0v) is 11.6. The Morgan fingerprint density at radius 1 is 1.42 bits per heavy atom. The highest BCUT2D eigenvalue weighted by Gasteiger charge is 2.83. The van der Waals surface area contributed by atoms with Gasteiger partial charge < -0.3 is 9.64 Å². The van der Waals surface area contributed by atoms with E-state index in [-0.39, 0.29) is 11.6 Å². The smallest absolute Gasteiger partial charge is 0.241 e. The minimum absolute atomic E-state index is 0.158. The van der Waals surface area contributed by atoms with E-state index >= 15 is 0 Å². The van der Waals surface area contributed by atoms with E-state index in [4.69, 9.17) is 4.74 Å². The summed E-state index contributed by atoms with van der Waals surface area (Å²) in [5.74, 6) is 2.49. The number of fused-ring (bicyclic) bond motifs is 1. The number of piperidine rings is 2. The summed E-state index contributed by atoms with van der Waals surface area (Å²) in [6.07, 6.45) is 4.05. The Balaban J connectivity index is 1.24. The number of nitrogens with one attached hydrogen (secondary N) is 1. The first kappa shape index (κ1) is 11.1. The largest absolute Gasteiger partial charge is 0.372 e. The maximum absolute atomic E-state index is 12.5. The van der Waals surface area contributed by atoms with Gasteiger partial charge in [-0.2, -0.15) is 0 Å². The summed E-state index contributed by atoms with van der Waals surface area (Å²) in [6, 6.07) is 1.17. The summed E-state index contributed by atoms with van der Waals surface area (Å²) in [5.41, 5.74) is 0.183. The molecule has 5 rings (SSSR count). The molecule has 104 valence electrons. The quantitative estimate of drug-likeness (QED) is 0.761. The van der Waals surface area contributed by atoms with Crippen LogP contribution in [0.25, 0.3) is 0 Å². The van der Waals surface area contributed by atoms with Gasteiger partial charge in [0.2, 0.25) is 5.91 Å². The van der Waals surface area contributed by atoms with Gasteiger partial charge in [0.25, 0.3) is 0 Å². The number of carbonyl (C=O) groups is 1. The Morgan fingerprint density at radius 2 is 2.21 bits per heavy atom. The standard InChI is InChI=1S/C15H22N2O2/c1-7(2)19-15-5-10-11(15)9(15)6-17(10)14(18)13-12(16-13)8-3-4-8/h7-13,16H,3-6H2,1-2H3/t9-,10-,11?,12+,13-,15+/m1/s1. The van der Waals surface area contributed by atoms with Gasteiger partial charge in [-0.1, -0.05) is 0 Å². The van der Waals surface area contributed by atoms with E-state index in [0.29, 0.717) is 35.9 Å². The Kier molecular flexibility index (Phi) is 1.85. The lowest BCUT2D eigenvalue weighted by atomic mass is 9.86. The van der Waals surface area contributed by atoms with Gasteiger partial charge in [0.05, 0.1) is 11.7 Å². The third-order valence-electron chi connectivity index (χ3n) is 6.01. The predicted octanol–water partition coefficient (Wildman–Crippen LogP) is 0.761. The van der Waals surface area contributed by atoms with Crippen molar-refractivity contribution in [3.63, 3.8) is 0 Å². The lowest BCUT2D eigenvalue weighted by Crippen LogP contribution is -2.55. The Labute approximate surface area is 113 Å². The highest BCUT2D eigenvalue weighted by Crippen LogP contribution is 2.73. The molecule has 0 aromatic rings. The van der Waals surface area contributed by atoms with Crippen LogP contribution in [-0.2, 0) is 9.53 Å². The molecular weight excluding hydrogens is 240 g/mol. The van der Waals surface area contributed by atoms with Crippen LogP contribution in [0.3, 0.4) is 0 Å². The molecule has 6 atom stereocenters. The third-order valence-corrected chi connectivity index (χ3v) is 6.01. The summed E-state index contributed by atoms with van der Waals surface area (Å²) in [6.45, 7) is 5.19. The molecule has 5 aliphatic rings. The van der Waals surface area contributed by atoms with Gasteiger partial charge in [-0.25, -0.2) is 0 Å². The Morgan fingerprint density at radius 3 is 2.74 bits per heavy atom. The summed E-state index contributed by atoms with van der Waals surface area (Å²) in [7, 11) is 0. The number of amides is 1. The first-order chi connectivity index (χ1) is 9.12. The molecule has 3 aliphatic carbocycles. The normalized spacial score (nSPS) is 53.0. The van der Waals surface area contributed by atoms with Crippen molar-refractivity contribution in [2.45, 2.75) is 62.9 Å². The van der Waals surface area contributed by atoms with Gasteiger partial charge in [-0.05, 0) is 39.0 Å². The van der Waals surface area contributed by atoms with Crippen molar-refractivity contribution in [3.05, 3.63) is 0 Å². The molecule has 2 aliphatic heterocycles. The molecule has 0 aromatic carbocycles. The number of carbonyl (C=O) groups excluding carboxylic acids is 1. The minimum Gasteiger partial charge on any atom is -0.372 e. The molecule has 0 radical (unpaired) electrons. The monoisotopic (exact) mass is 262 g/mol. The number of ether oxygens (including phenoxy) is 1. The average Bonchev–Trinajstić information content (AvgIpc) is 3.21. The fraction of sp³-hybridized carbons (Fsp3) is 0.933. The topological polar surface area (TPSA) is 51.5 Å². The second kappa shape index (κ2) is 3.17. The van der Waals surface area contributed by atoms with E-state index in [2.05, 4.69) is 24.1 Å². The SMILES string of the molecule is CC(C)O[C@]12C[C@@H]3C1[C@H]2CN3C(=O)[C@@H]1N[C@H]1C1CC1. The molecule has 0 bridgehead atoms. The lowest BCUT2D eigenvalue weighted by molar-refractivity contribution is -0.147. The second-order valence-corrected chi connectivity index (χ2v) is 7.52. The van der Waals surface area contributed by atoms with E-state index in [1.807, 2.05) is 0 Å². The van der Waals surface area contributed by atoms with Crippen LogP contribution in [0.2, 0.25) is 0 Å². The van der Waals surface area contributed by atoms with Gasteiger partial charge in [0.15, 0.2) is 0 Å². The van der Waals surface area contributed by atoms with Crippen molar-refractivity contribution in [2.24, 2.45) is 17.8 Å². The minimum atomic E-state index is 0.158. The van der Waals surface area contributed by atoms with E-state index in [0.717, 1.165) is 18.9 Å². The maximum atomic E-state index is 12.5. The second-order valence-electron chi connectivity index (χ2n) is 7.52. The number of likely N-dealkylation sites (tertiary alicyclic amines) is 1. The maximum Gasteiger partial charge on any atom is 0.241 e. The molecule has 3 saturated carbocycles. The van der Waals surface area contributed by atoms with Crippen LogP contribution in [0.4, 0.5) is 0 Å². The van der Waals surface area contributed by atoms with E-state index in [1.54, 1.807) is 0 Å². The van der Waals surface area contributed by atoms with E-state index in [1.165, 1.54) is 12.8 Å². The molecule has 4 heteroatoms. The van der Waals surface area contributed by atoms with Crippen LogP contribution in [0.5, 0.6) is 0 Å². The molecule has 5 fully saturated rings. The van der Waals surface area contributed by atoms with Gasteiger partial charge in [-0.3, -0.25) is 10.1 Å². The van der Waals surface area contributed by atoms with Crippen molar-refractivity contribution in [1.29, 1.82) is 0 Å². The molecule has 2 heterocycles. The first-order valence-electron chi connectivity index (χ1n) is 7.86. The van der Waals surface area contributed by atoms with Crippen molar-refractivity contribution in [3.8, 4) is 0 Å². The van der Waals surface area contributed by atoms with E-state index in [9.17, 15) is 4.79 Å². The zero-order valence-electron chi connectivity index (χ0n) is 11.6. The average molecular weight is 262 g/mol. The summed E-state index contributed by atoms with van der Waals surface area (Å²) in [5, 5.41) is 3.39. The number of rotatable bonds is 4. The van der Waals surface area contributed by atoms with Crippen molar-refractivity contribution in [1.82, 2.24) is 10.2 Å². The summed E-state index contributed by atoms with van der Waals surface area (Å²) in [4.78, 5) is 14.7. The number of hydrogen-bond acceptors (Lipinski definition) is 3. The summed E-state index contributed by atoms with van der Waals surface area (Å²) >= 11 is 0. The van der Waals surface area contributed by atoms with Gasteiger partial charge in [0.1, 0.15) is 6.04 Å². The van der Waals surface area contributed by atoms with Crippen LogP contribution in [-0.4, -0.2) is 47.2 Å². The van der Waals surface area contributed by atoms with Gasteiger partial charge in [0, 0.05) is 30.5 Å². The van der Waals surface area contributed by atoms with Crippen LogP contribution >= 0.6 is 0 Å². The van der Waals surface area contributed by atoms with Crippen LogP contribution in [0.1, 0.15) is 33.1 Å². The molecule has 2 saturated heterocycles. The van der Waals surface area contributed by atoms with E-state index < -0.39 is 0 Å². The van der Waals surface area contributed by atoms with Crippen LogP contribution in [0, 0.1) is 17.8 Å². The molecule has 19 heavy (non-hydrogen) atoms. The Bertz CT molecular complexity index is 455. The highest BCUT2D eigenvalue weighted by atomic mass is 16.5. The van der Waals surface area contributed by atoms with Crippen LogP contribution in [0.15, 0.2) is 0 Å². The zero-order chi connectivity index (χ0) is 12.9. The third kappa shape index (κ3) is 1.30. The molecule has 1 unspecified atom stereocenters. The molecule has 1 N–H and O–H groups in total.